The Bertz CT molecular complexity index is 1070. The predicted molar refractivity (Wildman–Crippen MR) is 117 cm³/mol. The molecule has 3 aromatic carbocycles. The molecule has 4 aromatic rings. The van der Waals surface area contributed by atoms with Gasteiger partial charge < -0.3 is 4.74 Å². The number of aromatic nitrogens is 1. The van der Waals surface area contributed by atoms with Gasteiger partial charge in [-0.1, -0.05) is 66.7 Å². The van der Waals surface area contributed by atoms with Crippen LogP contribution in [0.15, 0.2) is 89.3 Å². The Hall–Kier alpha value is -3.44. The van der Waals surface area contributed by atoms with Gasteiger partial charge in [0.1, 0.15) is 5.75 Å². The van der Waals surface area contributed by atoms with Gasteiger partial charge in [0.25, 0.3) is 0 Å². The second-order valence-electron chi connectivity index (χ2n) is 6.09. The van der Waals surface area contributed by atoms with Gasteiger partial charge in [0.05, 0.1) is 19.0 Å². The van der Waals surface area contributed by atoms with Gasteiger partial charge in [-0.2, -0.15) is 5.10 Å². The van der Waals surface area contributed by atoms with Crippen LogP contribution in [0.5, 0.6) is 5.75 Å². The molecule has 138 valence electrons. The number of nitrogens with zero attached hydrogens (tertiary/aromatic N) is 2. The highest BCUT2D eigenvalue weighted by Gasteiger charge is 2.05. The normalized spacial score (nSPS) is 10.9. The number of methoxy groups -OCH3 is 1. The first-order chi connectivity index (χ1) is 13.8. The van der Waals surface area contributed by atoms with Crippen LogP contribution in [0.4, 0.5) is 5.13 Å². The van der Waals surface area contributed by atoms with E-state index in [1.54, 1.807) is 13.3 Å². The quantitative estimate of drug-likeness (QED) is 0.330. The summed E-state index contributed by atoms with van der Waals surface area (Å²) in [5.41, 5.74) is 8.32. The van der Waals surface area contributed by atoms with Crippen molar-refractivity contribution in [1.82, 2.24) is 4.98 Å². The molecule has 0 atom stereocenters. The molecule has 1 heterocycles. The Morgan fingerprint density at radius 3 is 2.32 bits per heavy atom. The van der Waals surface area contributed by atoms with Gasteiger partial charge in [-0.25, -0.2) is 4.98 Å². The molecule has 0 aliphatic rings. The summed E-state index contributed by atoms with van der Waals surface area (Å²) in [5.74, 6) is 0.784. The van der Waals surface area contributed by atoms with Crippen molar-refractivity contribution in [1.29, 1.82) is 0 Å². The molecule has 28 heavy (non-hydrogen) atoms. The number of hydrazone groups is 1. The molecule has 0 aliphatic carbocycles. The van der Waals surface area contributed by atoms with E-state index >= 15 is 0 Å². The van der Waals surface area contributed by atoms with E-state index < -0.39 is 0 Å². The predicted octanol–water partition coefficient (Wildman–Crippen LogP) is 5.93. The molecule has 1 aromatic heterocycles. The van der Waals surface area contributed by atoms with Crippen molar-refractivity contribution in [2.45, 2.75) is 0 Å². The SMILES string of the molecule is COc1ccccc1/C=N\Nc1nc(-c2ccc(-c3ccccc3)cc2)cs1. The standard InChI is InChI=1S/C23H19N3OS/c1-27-22-10-6-5-9-20(22)15-24-26-23-25-21(16-28-23)19-13-11-18(12-14-19)17-7-3-2-4-8-17/h2-16H,1H3,(H,25,26)/b24-15-. The van der Waals surface area contributed by atoms with Crippen molar-refractivity contribution in [2.24, 2.45) is 5.10 Å². The average molecular weight is 385 g/mol. The molecule has 4 nitrogen and oxygen atoms in total. The van der Waals surface area contributed by atoms with Gasteiger partial charge >= 0.3 is 0 Å². The molecular weight excluding hydrogens is 366 g/mol. The van der Waals surface area contributed by atoms with Gasteiger partial charge in [0.2, 0.25) is 5.13 Å². The van der Waals surface area contributed by atoms with Gasteiger partial charge in [-0.05, 0) is 23.3 Å². The zero-order chi connectivity index (χ0) is 19.2. The second-order valence-corrected chi connectivity index (χ2v) is 6.95. The highest BCUT2D eigenvalue weighted by atomic mass is 32.1. The lowest BCUT2D eigenvalue weighted by molar-refractivity contribution is 0.414. The third-order valence-electron chi connectivity index (χ3n) is 4.29. The van der Waals surface area contributed by atoms with Crippen LogP contribution >= 0.6 is 11.3 Å². The minimum atomic E-state index is 0.744. The van der Waals surface area contributed by atoms with Crippen LogP contribution in [0.3, 0.4) is 0 Å². The summed E-state index contributed by atoms with van der Waals surface area (Å²) >= 11 is 1.52. The highest BCUT2D eigenvalue weighted by molar-refractivity contribution is 7.14. The Kier molecular flexibility index (Phi) is 5.45. The fourth-order valence-electron chi connectivity index (χ4n) is 2.85. The summed E-state index contributed by atoms with van der Waals surface area (Å²) < 4.78 is 5.32. The minimum Gasteiger partial charge on any atom is -0.496 e. The third kappa shape index (κ3) is 4.10. The van der Waals surface area contributed by atoms with Gasteiger partial charge in [0.15, 0.2) is 0 Å². The molecule has 4 rings (SSSR count). The molecule has 0 saturated heterocycles. The summed E-state index contributed by atoms with van der Waals surface area (Å²) in [6, 6.07) is 26.5. The Labute approximate surface area is 168 Å². The van der Waals surface area contributed by atoms with E-state index in [1.807, 2.05) is 47.8 Å². The van der Waals surface area contributed by atoms with Crippen molar-refractivity contribution in [3.63, 3.8) is 0 Å². The number of anilines is 1. The van der Waals surface area contributed by atoms with E-state index in [-0.39, 0.29) is 0 Å². The summed E-state index contributed by atoms with van der Waals surface area (Å²) in [6.45, 7) is 0. The fourth-order valence-corrected chi connectivity index (χ4v) is 3.52. The molecule has 0 bridgehead atoms. The minimum absolute atomic E-state index is 0.744. The maximum atomic E-state index is 5.32. The van der Waals surface area contributed by atoms with Crippen LogP contribution < -0.4 is 10.2 Å². The molecule has 0 aliphatic heterocycles. The van der Waals surface area contributed by atoms with E-state index in [1.165, 1.54) is 22.5 Å². The van der Waals surface area contributed by atoms with Crippen LogP contribution in [0.2, 0.25) is 0 Å². The number of hydrogen-bond acceptors (Lipinski definition) is 5. The molecule has 1 N–H and O–H groups in total. The van der Waals surface area contributed by atoms with Crippen LogP contribution in [0, 0.1) is 0 Å². The van der Waals surface area contributed by atoms with Crippen LogP contribution in [-0.4, -0.2) is 18.3 Å². The molecule has 0 saturated carbocycles. The number of ether oxygens (including phenoxy) is 1. The van der Waals surface area contributed by atoms with E-state index in [9.17, 15) is 0 Å². The number of hydrogen-bond donors (Lipinski definition) is 1. The van der Waals surface area contributed by atoms with Crippen molar-refractivity contribution < 1.29 is 4.74 Å². The number of nitrogens with one attached hydrogen (secondary N) is 1. The molecule has 0 unspecified atom stereocenters. The maximum Gasteiger partial charge on any atom is 0.203 e. The molecule has 0 fully saturated rings. The van der Waals surface area contributed by atoms with Crippen molar-refractivity contribution in [3.05, 3.63) is 89.8 Å². The van der Waals surface area contributed by atoms with Crippen LogP contribution in [-0.2, 0) is 0 Å². The topological polar surface area (TPSA) is 46.5 Å². The van der Waals surface area contributed by atoms with Crippen molar-refractivity contribution >= 4 is 22.7 Å². The molecular formula is C23H19N3OS. The first-order valence-corrected chi connectivity index (χ1v) is 9.75. The number of para-hydroxylation sites is 1. The molecule has 0 amide bonds. The zero-order valence-electron chi connectivity index (χ0n) is 15.4. The smallest absolute Gasteiger partial charge is 0.203 e. The summed E-state index contributed by atoms with van der Waals surface area (Å²) in [6.07, 6.45) is 1.73. The number of rotatable bonds is 6. The first-order valence-electron chi connectivity index (χ1n) is 8.87. The van der Waals surface area contributed by atoms with E-state index in [0.29, 0.717) is 0 Å². The number of benzene rings is 3. The lowest BCUT2D eigenvalue weighted by Gasteiger charge is -2.03. The fraction of sp³-hybridized carbons (Fsp3) is 0.0435. The Balaban J connectivity index is 1.45. The Morgan fingerprint density at radius 2 is 1.54 bits per heavy atom. The number of thiazole rings is 1. The van der Waals surface area contributed by atoms with Gasteiger partial charge in [0, 0.05) is 16.5 Å². The van der Waals surface area contributed by atoms with Crippen molar-refractivity contribution in [3.8, 4) is 28.1 Å². The van der Waals surface area contributed by atoms with E-state index in [0.717, 1.165) is 27.7 Å². The summed E-state index contributed by atoms with van der Waals surface area (Å²) in [4.78, 5) is 4.62. The third-order valence-corrected chi connectivity index (χ3v) is 5.04. The molecule has 5 heteroatoms. The van der Waals surface area contributed by atoms with Gasteiger partial charge in [-0.15, -0.1) is 11.3 Å². The summed E-state index contributed by atoms with van der Waals surface area (Å²) in [7, 11) is 1.65. The van der Waals surface area contributed by atoms with E-state index in [4.69, 9.17) is 4.74 Å². The Morgan fingerprint density at radius 1 is 0.857 bits per heavy atom. The second kappa shape index (κ2) is 8.50. The molecule has 0 radical (unpaired) electrons. The van der Waals surface area contributed by atoms with E-state index in [2.05, 4.69) is 51.9 Å². The monoisotopic (exact) mass is 385 g/mol. The average Bonchev–Trinajstić information content (AvgIpc) is 3.24. The van der Waals surface area contributed by atoms with Crippen LogP contribution in [0.1, 0.15) is 5.56 Å². The summed E-state index contributed by atoms with van der Waals surface area (Å²) in [5, 5.41) is 7.04. The highest BCUT2D eigenvalue weighted by Crippen LogP contribution is 2.27. The van der Waals surface area contributed by atoms with Crippen molar-refractivity contribution in [2.75, 3.05) is 12.5 Å². The largest absolute Gasteiger partial charge is 0.496 e. The zero-order valence-corrected chi connectivity index (χ0v) is 16.2. The lowest BCUT2D eigenvalue weighted by Crippen LogP contribution is -1.93. The lowest BCUT2D eigenvalue weighted by atomic mass is 10.0. The van der Waals surface area contributed by atoms with Gasteiger partial charge in [-0.3, -0.25) is 5.43 Å². The first kappa shape index (κ1) is 17.9. The van der Waals surface area contributed by atoms with Crippen LogP contribution in [0.25, 0.3) is 22.4 Å². The molecule has 0 spiro atoms. The maximum absolute atomic E-state index is 5.32.